The first-order valence-corrected chi connectivity index (χ1v) is 9.41. The number of piperidine rings is 1. The number of hydrogen-bond donors (Lipinski definition) is 1. The van der Waals surface area contributed by atoms with Crippen molar-refractivity contribution in [3.8, 4) is 0 Å². The zero-order valence-corrected chi connectivity index (χ0v) is 17.0. The average Bonchev–Trinajstić information content (AvgIpc) is 2.62. The molecule has 1 aliphatic heterocycles. The molecule has 1 heterocycles. The molecule has 154 valence electrons. The summed E-state index contributed by atoms with van der Waals surface area (Å²) in [6, 6.07) is 4.89. The van der Waals surface area contributed by atoms with Crippen molar-refractivity contribution in [2.24, 2.45) is 11.8 Å². The lowest BCUT2D eigenvalue weighted by Crippen LogP contribution is -2.38. The molecule has 1 N–H and O–H groups in total. The minimum absolute atomic E-state index is 0. The highest BCUT2D eigenvalue weighted by atomic mass is 35.5. The van der Waals surface area contributed by atoms with Crippen LogP contribution in [-0.4, -0.2) is 30.4 Å². The summed E-state index contributed by atoms with van der Waals surface area (Å²) in [6.07, 6.45) is -1.69. The summed E-state index contributed by atoms with van der Waals surface area (Å²) in [5.74, 6) is 0.754. The van der Waals surface area contributed by atoms with Gasteiger partial charge in [-0.1, -0.05) is 19.1 Å². The monoisotopic (exact) mass is 406 g/mol. The van der Waals surface area contributed by atoms with E-state index in [9.17, 15) is 18.0 Å². The number of rotatable bonds is 6. The van der Waals surface area contributed by atoms with Crippen LogP contribution in [0.3, 0.4) is 0 Å². The van der Waals surface area contributed by atoms with E-state index in [0.717, 1.165) is 38.1 Å². The van der Waals surface area contributed by atoms with Gasteiger partial charge in [0, 0.05) is 13.0 Å². The zero-order valence-electron chi connectivity index (χ0n) is 16.2. The molecule has 1 aliphatic rings. The van der Waals surface area contributed by atoms with Crippen LogP contribution in [0.5, 0.6) is 0 Å². The molecule has 0 radical (unpaired) electrons. The van der Waals surface area contributed by atoms with E-state index in [2.05, 4.69) is 12.2 Å². The fourth-order valence-electron chi connectivity index (χ4n) is 3.74. The van der Waals surface area contributed by atoms with Gasteiger partial charge < -0.3 is 10.2 Å². The van der Waals surface area contributed by atoms with Crippen LogP contribution >= 0.6 is 12.4 Å². The van der Waals surface area contributed by atoms with Gasteiger partial charge in [-0.25, -0.2) is 0 Å². The summed E-state index contributed by atoms with van der Waals surface area (Å²) in [6.45, 7) is 8.21. The maximum atomic E-state index is 13.0. The van der Waals surface area contributed by atoms with Gasteiger partial charge in [-0.15, -0.1) is 12.4 Å². The number of amides is 1. The van der Waals surface area contributed by atoms with E-state index >= 15 is 0 Å². The highest BCUT2D eigenvalue weighted by molar-refractivity contribution is 5.85. The maximum absolute atomic E-state index is 13.0. The van der Waals surface area contributed by atoms with E-state index in [1.165, 1.54) is 6.07 Å². The van der Waals surface area contributed by atoms with Crippen LogP contribution < -0.4 is 5.32 Å². The van der Waals surface area contributed by atoms with Crippen molar-refractivity contribution in [1.82, 2.24) is 10.2 Å². The molecule has 27 heavy (non-hydrogen) atoms. The maximum Gasteiger partial charge on any atom is 0.416 e. The highest BCUT2D eigenvalue weighted by Gasteiger charge is 2.32. The van der Waals surface area contributed by atoms with Gasteiger partial charge in [0.05, 0.1) is 11.6 Å². The van der Waals surface area contributed by atoms with Gasteiger partial charge in [-0.2, -0.15) is 13.2 Å². The third kappa shape index (κ3) is 6.39. The molecule has 1 aromatic rings. The average molecular weight is 407 g/mol. The van der Waals surface area contributed by atoms with E-state index < -0.39 is 11.7 Å². The van der Waals surface area contributed by atoms with Crippen LogP contribution in [0.1, 0.15) is 57.2 Å². The second-order valence-corrected chi connectivity index (χ2v) is 7.27. The molecule has 0 bridgehead atoms. The molecular formula is C20H30ClF3N2O. The zero-order chi connectivity index (χ0) is 19.3. The van der Waals surface area contributed by atoms with E-state index in [1.54, 1.807) is 17.9 Å². The largest absolute Gasteiger partial charge is 0.416 e. The summed E-state index contributed by atoms with van der Waals surface area (Å²) < 4.78 is 38.9. The highest BCUT2D eigenvalue weighted by Crippen LogP contribution is 2.32. The number of nitrogens with zero attached hydrogens (tertiary/aromatic N) is 1. The van der Waals surface area contributed by atoms with E-state index in [-0.39, 0.29) is 30.3 Å². The van der Waals surface area contributed by atoms with Crippen molar-refractivity contribution < 1.29 is 18.0 Å². The van der Waals surface area contributed by atoms with Crippen LogP contribution in [0.25, 0.3) is 0 Å². The molecule has 0 aromatic heterocycles. The molecule has 3 nitrogen and oxygen atoms in total. The van der Waals surface area contributed by atoms with Gasteiger partial charge in [0.15, 0.2) is 0 Å². The van der Waals surface area contributed by atoms with Crippen molar-refractivity contribution in [1.29, 1.82) is 0 Å². The van der Waals surface area contributed by atoms with Gasteiger partial charge in [-0.3, -0.25) is 4.79 Å². The van der Waals surface area contributed by atoms with Gasteiger partial charge in [0.1, 0.15) is 0 Å². The van der Waals surface area contributed by atoms with Gasteiger partial charge in [0.2, 0.25) is 5.91 Å². The first-order valence-electron chi connectivity index (χ1n) is 9.41. The van der Waals surface area contributed by atoms with Crippen LogP contribution in [0.15, 0.2) is 24.3 Å². The summed E-state index contributed by atoms with van der Waals surface area (Å²) in [7, 11) is 0. The van der Waals surface area contributed by atoms with E-state index in [4.69, 9.17) is 0 Å². The molecule has 3 unspecified atom stereocenters. The Morgan fingerprint density at radius 1 is 1.33 bits per heavy atom. The molecule has 2 rings (SSSR count). The minimum Gasteiger partial charge on any atom is -0.336 e. The Balaban J connectivity index is 0.00000364. The Hall–Kier alpha value is -1.27. The number of carbonyl (C=O) groups excluding carboxylic acids is 1. The van der Waals surface area contributed by atoms with Crippen molar-refractivity contribution in [2.45, 2.75) is 52.3 Å². The normalized spacial score (nSPS) is 19.7. The Morgan fingerprint density at radius 3 is 2.59 bits per heavy atom. The molecule has 1 fully saturated rings. The first-order chi connectivity index (χ1) is 12.2. The molecule has 0 spiro atoms. The quantitative estimate of drug-likeness (QED) is 0.715. The Bertz CT molecular complexity index is 603. The first kappa shape index (κ1) is 23.8. The van der Waals surface area contributed by atoms with Crippen molar-refractivity contribution >= 4 is 18.3 Å². The molecule has 1 aromatic carbocycles. The fraction of sp³-hybridized carbons (Fsp3) is 0.650. The summed E-state index contributed by atoms with van der Waals surface area (Å²) >= 11 is 0. The second-order valence-electron chi connectivity index (χ2n) is 7.27. The topological polar surface area (TPSA) is 32.3 Å². The number of nitrogens with one attached hydrogen (secondary N) is 1. The predicted molar refractivity (Wildman–Crippen MR) is 104 cm³/mol. The lowest BCUT2D eigenvalue weighted by Gasteiger charge is -2.32. The van der Waals surface area contributed by atoms with Gasteiger partial charge >= 0.3 is 6.18 Å². The van der Waals surface area contributed by atoms with Crippen LogP contribution in [0, 0.1) is 11.8 Å². The molecule has 1 saturated heterocycles. The van der Waals surface area contributed by atoms with Crippen LogP contribution in [0.2, 0.25) is 0 Å². The predicted octanol–water partition coefficient (Wildman–Crippen LogP) is 5.06. The molecule has 0 saturated carbocycles. The molecule has 7 heteroatoms. The third-order valence-electron chi connectivity index (χ3n) is 5.46. The Kier molecular flexibility index (Phi) is 9.09. The number of benzene rings is 1. The van der Waals surface area contributed by atoms with Crippen molar-refractivity contribution in [3.05, 3.63) is 35.4 Å². The standard InChI is InChI=1S/C20H29F3N2O.ClH/c1-4-25(19(26)11-14(2)17-8-6-10-24-13-17)15(3)16-7-5-9-18(12-16)20(21,22)23;/h5,7,9,12,14-15,17,24H,4,6,8,10-11,13H2,1-3H3;1H. The molecule has 3 atom stereocenters. The lowest BCUT2D eigenvalue weighted by molar-refractivity contribution is -0.137. The molecular weight excluding hydrogens is 377 g/mol. The third-order valence-corrected chi connectivity index (χ3v) is 5.46. The SMILES string of the molecule is CCN(C(=O)CC(C)C1CCCNC1)C(C)c1cccc(C(F)(F)F)c1.Cl. The smallest absolute Gasteiger partial charge is 0.336 e. The van der Waals surface area contributed by atoms with Crippen LogP contribution in [-0.2, 0) is 11.0 Å². The fourth-order valence-corrected chi connectivity index (χ4v) is 3.74. The van der Waals surface area contributed by atoms with Crippen molar-refractivity contribution in [2.75, 3.05) is 19.6 Å². The summed E-state index contributed by atoms with van der Waals surface area (Å²) in [5.41, 5.74) is -0.158. The summed E-state index contributed by atoms with van der Waals surface area (Å²) in [5, 5.41) is 3.37. The number of carbonyl (C=O) groups is 1. The number of alkyl halides is 3. The Labute approximate surface area is 166 Å². The molecule has 1 amide bonds. The van der Waals surface area contributed by atoms with E-state index in [0.29, 0.717) is 24.4 Å². The minimum atomic E-state index is -4.38. The molecule has 0 aliphatic carbocycles. The van der Waals surface area contributed by atoms with Crippen molar-refractivity contribution in [3.63, 3.8) is 0 Å². The number of halogens is 4. The van der Waals surface area contributed by atoms with Gasteiger partial charge in [0.25, 0.3) is 0 Å². The number of hydrogen-bond acceptors (Lipinski definition) is 2. The summed E-state index contributed by atoms with van der Waals surface area (Å²) in [4.78, 5) is 14.5. The second kappa shape index (κ2) is 10.3. The van der Waals surface area contributed by atoms with E-state index in [1.807, 2.05) is 6.92 Å². The van der Waals surface area contributed by atoms with Gasteiger partial charge in [-0.05, 0) is 69.3 Å². The Morgan fingerprint density at radius 2 is 2.04 bits per heavy atom. The van der Waals surface area contributed by atoms with Crippen LogP contribution in [0.4, 0.5) is 13.2 Å². The lowest BCUT2D eigenvalue weighted by atomic mass is 9.85.